The van der Waals surface area contributed by atoms with Crippen LogP contribution in [0.5, 0.6) is 0 Å². The number of aromatic nitrogens is 4. The van der Waals surface area contributed by atoms with Crippen LogP contribution < -0.4 is 5.32 Å². The lowest BCUT2D eigenvalue weighted by Crippen LogP contribution is -2.05. The van der Waals surface area contributed by atoms with Gasteiger partial charge in [-0.15, -0.1) is 0 Å². The number of hydrogen-bond acceptors (Lipinski definition) is 4. The van der Waals surface area contributed by atoms with Crippen molar-refractivity contribution in [2.75, 3.05) is 11.9 Å². The fraction of sp³-hybridized carbons (Fsp3) is 0.267. The van der Waals surface area contributed by atoms with Crippen LogP contribution in [0.15, 0.2) is 30.5 Å². The summed E-state index contributed by atoms with van der Waals surface area (Å²) in [6, 6.07) is 7.39. The van der Waals surface area contributed by atoms with Gasteiger partial charge in [-0.2, -0.15) is 15.1 Å². The lowest BCUT2D eigenvalue weighted by Gasteiger charge is -2.07. The van der Waals surface area contributed by atoms with Gasteiger partial charge < -0.3 is 5.32 Å². The quantitative estimate of drug-likeness (QED) is 0.556. The number of benzene rings is 1. The van der Waals surface area contributed by atoms with Gasteiger partial charge in [0.1, 0.15) is 5.82 Å². The number of hydrogen-bond donors (Lipinski definition) is 1. The van der Waals surface area contributed by atoms with Gasteiger partial charge in [0, 0.05) is 11.6 Å². The fourth-order valence-electron chi connectivity index (χ4n) is 2.17. The highest BCUT2D eigenvalue weighted by atomic mass is 35.5. The van der Waals surface area contributed by atoms with E-state index in [1.807, 2.05) is 24.3 Å². The Hall–Kier alpha value is -1.85. The van der Waals surface area contributed by atoms with E-state index in [0.717, 1.165) is 30.5 Å². The molecule has 3 rings (SSSR count). The first-order valence-electron chi connectivity index (χ1n) is 7.10. The average molecular weight is 336 g/mol. The topological polar surface area (TPSA) is 55.6 Å². The largest absolute Gasteiger partial charge is 0.369 e. The zero-order chi connectivity index (χ0) is 15.5. The number of rotatable bonds is 5. The van der Waals surface area contributed by atoms with Crippen molar-refractivity contribution < 1.29 is 0 Å². The van der Waals surface area contributed by atoms with Crippen LogP contribution in [0.3, 0.4) is 0 Å². The van der Waals surface area contributed by atoms with Crippen molar-refractivity contribution >= 4 is 40.1 Å². The molecular formula is C15H15Cl2N5. The van der Waals surface area contributed by atoms with Crippen LogP contribution in [-0.4, -0.2) is 26.3 Å². The minimum Gasteiger partial charge on any atom is -0.369 e. The molecule has 1 aromatic carbocycles. The molecule has 2 heterocycles. The van der Waals surface area contributed by atoms with Gasteiger partial charge in [-0.3, -0.25) is 0 Å². The van der Waals surface area contributed by atoms with Gasteiger partial charge in [-0.05, 0) is 42.3 Å². The molecule has 0 spiro atoms. The molecule has 3 aromatic rings. The number of nitrogens with one attached hydrogen (secondary N) is 1. The molecule has 2 aromatic heterocycles. The first-order chi connectivity index (χ1) is 10.7. The number of nitrogens with zero attached hydrogens (tertiary/aromatic N) is 4. The van der Waals surface area contributed by atoms with E-state index in [9.17, 15) is 0 Å². The molecule has 22 heavy (non-hydrogen) atoms. The van der Waals surface area contributed by atoms with E-state index in [-0.39, 0.29) is 5.28 Å². The highest BCUT2D eigenvalue weighted by Gasteiger charge is 2.13. The maximum atomic E-state index is 6.05. The normalized spacial score (nSPS) is 11.0. The summed E-state index contributed by atoms with van der Waals surface area (Å²) in [6.45, 7) is 2.98. The Labute approximate surface area is 138 Å². The standard InChI is InChI=1S/C15H15Cl2N5/c1-2-3-8-18-13-12-9-19-22(14(12)21-15(17)20-13)11-6-4-10(16)5-7-11/h4-7,9H,2-3,8H2,1H3,(H,18,20,21). The smallest absolute Gasteiger partial charge is 0.226 e. The maximum Gasteiger partial charge on any atom is 0.226 e. The molecule has 0 saturated carbocycles. The van der Waals surface area contributed by atoms with E-state index < -0.39 is 0 Å². The molecule has 0 radical (unpaired) electrons. The summed E-state index contributed by atoms with van der Waals surface area (Å²) >= 11 is 12.0. The molecule has 114 valence electrons. The predicted octanol–water partition coefficient (Wildman–Crippen LogP) is 4.33. The highest BCUT2D eigenvalue weighted by molar-refractivity contribution is 6.30. The second kappa shape index (κ2) is 6.50. The summed E-state index contributed by atoms with van der Waals surface area (Å²) in [6.07, 6.45) is 3.92. The lowest BCUT2D eigenvalue weighted by atomic mass is 10.3. The first-order valence-corrected chi connectivity index (χ1v) is 7.85. The number of unbranched alkanes of at least 4 members (excludes halogenated alkanes) is 1. The van der Waals surface area contributed by atoms with Crippen molar-refractivity contribution in [3.05, 3.63) is 40.8 Å². The van der Waals surface area contributed by atoms with E-state index in [4.69, 9.17) is 23.2 Å². The van der Waals surface area contributed by atoms with Crippen molar-refractivity contribution in [1.82, 2.24) is 19.7 Å². The van der Waals surface area contributed by atoms with Crippen molar-refractivity contribution in [2.24, 2.45) is 0 Å². The monoisotopic (exact) mass is 335 g/mol. The van der Waals surface area contributed by atoms with E-state index >= 15 is 0 Å². The van der Waals surface area contributed by atoms with Gasteiger partial charge in [0.25, 0.3) is 0 Å². The van der Waals surface area contributed by atoms with Gasteiger partial charge in [0.2, 0.25) is 5.28 Å². The van der Waals surface area contributed by atoms with E-state index in [0.29, 0.717) is 16.5 Å². The third-order valence-corrected chi connectivity index (χ3v) is 3.72. The Morgan fingerprint density at radius 3 is 2.64 bits per heavy atom. The third-order valence-electron chi connectivity index (χ3n) is 3.30. The molecule has 1 N–H and O–H groups in total. The molecule has 0 fully saturated rings. The van der Waals surface area contributed by atoms with Crippen LogP contribution in [0.1, 0.15) is 19.8 Å². The molecule has 5 nitrogen and oxygen atoms in total. The summed E-state index contributed by atoms with van der Waals surface area (Å²) < 4.78 is 1.73. The minimum absolute atomic E-state index is 0.196. The molecule has 7 heteroatoms. The Morgan fingerprint density at radius 1 is 1.14 bits per heavy atom. The molecule has 0 aliphatic rings. The van der Waals surface area contributed by atoms with Gasteiger partial charge in [0.05, 0.1) is 17.3 Å². The van der Waals surface area contributed by atoms with Gasteiger partial charge >= 0.3 is 0 Å². The van der Waals surface area contributed by atoms with Crippen LogP contribution in [0.25, 0.3) is 16.7 Å². The van der Waals surface area contributed by atoms with E-state index in [1.165, 1.54) is 0 Å². The SMILES string of the molecule is CCCCNc1nc(Cl)nc2c1cnn2-c1ccc(Cl)cc1. The summed E-state index contributed by atoms with van der Waals surface area (Å²) in [4.78, 5) is 8.57. The predicted molar refractivity (Wildman–Crippen MR) is 90.1 cm³/mol. The van der Waals surface area contributed by atoms with Crippen LogP contribution in [0, 0.1) is 0 Å². The summed E-state index contributed by atoms with van der Waals surface area (Å²) in [5.74, 6) is 0.712. The van der Waals surface area contributed by atoms with Crippen LogP contribution in [0.2, 0.25) is 10.3 Å². The van der Waals surface area contributed by atoms with E-state index in [2.05, 4.69) is 27.3 Å². The molecule has 0 aliphatic carbocycles. The van der Waals surface area contributed by atoms with Crippen molar-refractivity contribution in [3.63, 3.8) is 0 Å². The zero-order valence-corrected chi connectivity index (χ0v) is 13.6. The number of fused-ring (bicyclic) bond motifs is 1. The second-order valence-corrected chi connectivity index (χ2v) is 5.67. The summed E-state index contributed by atoms with van der Waals surface area (Å²) in [7, 11) is 0. The Morgan fingerprint density at radius 2 is 1.91 bits per heavy atom. The molecule has 0 atom stereocenters. The number of halogens is 2. The van der Waals surface area contributed by atoms with Gasteiger partial charge in [-0.25, -0.2) is 4.68 Å². The molecular weight excluding hydrogens is 321 g/mol. The molecule has 0 unspecified atom stereocenters. The maximum absolute atomic E-state index is 6.05. The Kier molecular flexibility index (Phi) is 4.45. The molecule has 0 aliphatic heterocycles. The lowest BCUT2D eigenvalue weighted by molar-refractivity contribution is 0.831. The minimum atomic E-state index is 0.196. The average Bonchev–Trinajstić information content (AvgIpc) is 2.92. The Balaban J connectivity index is 2.04. The van der Waals surface area contributed by atoms with Crippen LogP contribution >= 0.6 is 23.2 Å². The molecule has 0 amide bonds. The van der Waals surface area contributed by atoms with E-state index in [1.54, 1.807) is 10.9 Å². The zero-order valence-electron chi connectivity index (χ0n) is 12.1. The Bertz CT molecular complexity index is 782. The summed E-state index contributed by atoms with van der Waals surface area (Å²) in [5.41, 5.74) is 1.54. The molecule has 0 saturated heterocycles. The van der Waals surface area contributed by atoms with Crippen molar-refractivity contribution in [3.8, 4) is 5.69 Å². The second-order valence-electron chi connectivity index (χ2n) is 4.89. The highest BCUT2D eigenvalue weighted by Crippen LogP contribution is 2.24. The van der Waals surface area contributed by atoms with Crippen LogP contribution in [-0.2, 0) is 0 Å². The fourth-order valence-corrected chi connectivity index (χ4v) is 2.46. The van der Waals surface area contributed by atoms with Crippen LogP contribution in [0.4, 0.5) is 5.82 Å². The van der Waals surface area contributed by atoms with Gasteiger partial charge in [-0.1, -0.05) is 24.9 Å². The summed E-state index contributed by atoms with van der Waals surface area (Å²) in [5, 5.41) is 9.41. The van der Waals surface area contributed by atoms with Crippen molar-refractivity contribution in [2.45, 2.75) is 19.8 Å². The molecule has 0 bridgehead atoms. The number of anilines is 1. The van der Waals surface area contributed by atoms with Crippen molar-refractivity contribution in [1.29, 1.82) is 0 Å². The third kappa shape index (κ3) is 3.00. The first kappa shape index (κ1) is 15.1. The van der Waals surface area contributed by atoms with Gasteiger partial charge in [0.15, 0.2) is 5.65 Å².